The Kier molecular flexibility index (Phi) is 4.46. The van der Waals surface area contributed by atoms with Gasteiger partial charge >= 0.3 is 0 Å². The second-order valence-corrected chi connectivity index (χ2v) is 2.90. The van der Waals surface area contributed by atoms with Gasteiger partial charge in [0.15, 0.2) is 0 Å². The van der Waals surface area contributed by atoms with Gasteiger partial charge in [-0.2, -0.15) is 0 Å². The van der Waals surface area contributed by atoms with E-state index in [2.05, 4.69) is 22.4 Å². The minimum atomic E-state index is 0.735. The van der Waals surface area contributed by atoms with Gasteiger partial charge in [0.2, 0.25) is 11.8 Å². The van der Waals surface area contributed by atoms with Crippen molar-refractivity contribution < 1.29 is 4.42 Å². The number of hydrogen-bond acceptors (Lipinski definition) is 4. The molecule has 4 heteroatoms. The lowest BCUT2D eigenvalue weighted by Crippen LogP contribution is -2.14. The van der Waals surface area contributed by atoms with Crippen LogP contribution in [0.4, 0.5) is 0 Å². The van der Waals surface area contributed by atoms with Crippen LogP contribution in [0.5, 0.6) is 0 Å². The van der Waals surface area contributed by atoms with E-state index in [1.165, 1.54) is 0 Å². The van der Waals surface area contributed by atoms with Crippen molar-refractivity contribution in [2.24, 2.45) is 0 Å². The number of aromatic nitrogens is 2. The van der Waals surface area contributed by atoms with E-state index < -0.39 is 0 Å². The van der Waals surface area contributed by atoms with Crippen molar-refractivity contribution in [2.75, 3.05) is 13.1 Å². The van der Waals surface area contributed by atoms with E-state index in [9.17, 15) is 0 Å². The number of hydrogen-bond donors (Lipinski definition) is 1. The van der Waals surface area contributed by atoms with Crippen LogP contribution < -0.4 is 5.32 Å². The standard InChI is InChI=1S/C9H17N3O/c1-3-8-11-12-9(13-8)6-5-7-10-4-2/h10H,3-7H2,1-2H3. The molecule has 13 heavy (non-hydrogen) atoms. The van der Waals surface area contributed by atoms with Crippen LogP contribution in [-0.2, 0) is 12.8 Å². The molecule has 1 aromatic heterocycles. The molecule has 1 N–H and O–H groups in total. The van der Waals surface area contributed by atoms with E-state index in [0.717, 1.165) is 44.1 Å². The van der Waals surface area contributed by atoms with Crippen LogP contribution in [-0.4, -0.2) is 23.3 Å². The van der Waals surface area contributed by atoms with Crippen molar-refractivity contribution in [2.45, 2.75) is 33.1 Å². The molecule has 0 aromatic carbocycles. The van der Waals surface area contributed by atoms with E-state index in [0.29, 0.717) is 0 Å². The molecule has 0 atom stereocenters. The summed E-state index contributed by atoms with van der Waals surface area (Å²) < 4.78 is 5.36. The third-order valence-electron chi connectivity index (χ3n) is 1.81. The topological polar surface area (TPSA) is 51.0 Å². The van der Waals surface area contributed by atoms with Gasteiger partial charge in [-0.3, -0.25) is 0 Å². The first-order valence-corrected chi connectivity index (χ1v) is 4.88. The van der Waals surface area contributed by atoms with Gasteiger partial charge in [-0.15, -0.1) is 10.2 Å². The molecule has 0 aliphatic carbocycles. The van der Waals surface area contributed by atoms with E-state index in [-0.39, 0.29) is 0 Å². The Morgan fingerprint density at radius 1 is 1.23 bits per heavy atom. The van der Waals surface area contributed by atoms with E-state index in [1.807, 2.05) is 6.92 Å². The maximum Gasteiger partial charge on any atom is 0.216 e. The molecule has 4 nitrogen and oxygen atoms in total. The first-order valence-electron chi connectivity index (χ1n) is 4.88. The van der Waals surface area contributed by atoms with Gasteiger partial charge in [0.25, 0.3) is 0 Å². The minimum Gasteiger partial charge on any atom is -0.425 e. The third-order valence-corrected chi connectivity index (χ3v) is 1.81. The van der Waals surface area contributed by atoms with Gasteiger partial charge in [0.1, 0.15) is 0 Å². The van der Waals surface area contributed by atoms with E-state index in [4.69, 9.17) is 4.42 Å². The Balaban J connectivity index is 2.20. The summed E-state index contributed by atoms with van der Waals surface area (Å²) in [5.74, 6) is 1.49. The quantitative estimate of drug-likeness (QED) is 0.673. The number of rotatable bonds is 6. The van der Waals surface area contributed by atoms with Gasteiger partial charge in [-0.25, -0.2) is 0 Å². The molecule has 1 rings (SSSR count). The summed E-state index contributed by atoms with van der Waals surface area (Å²) in [6.45, 7) is 6.14. The Bertz CT molecular complexity index is 235. The van der Waals surface area contributed by atoms with Crippen molar-refractivity contribution in [1.82, 2.24) is 15.5 Å². The Labute approximate surface area is 78.7 Å². The van der Waals surface area contributed by atoms with Crippen LogP contribution in [0.15, 0.2) is 4.42 Å². The van der Waals surface area contributed by atoms with Crippen LogP contribution in [0.25, 0.3) is 0 Å². The van der Waals surface area contributed by atoms with Gasteiger partial charge in [-0.1, -0.05) is 13.8 Å². The van der Waals surface area contributed by atoms with Crippen LogP contribution >= 0.6 is 0 Å². The van der Waals surface area contributed by atoms with Crippen molar-refractivity contribution in [3.8, 4) is 0 Å². The number of nitrogens with zero attached hydrogens (tertiary/aromatic N) is 2. The maximum absolute atomic E-state index is 5.36. The fraction of sp³-hybridized carbons (Fsp3) is 0.778. The Hall–Kier alpha value is -0.900. The molecule has 0 fully saturated rings. The maximum atomic E-state index is 5.36. The zero-order chi connectivity index (χ0) is 9.52. The van der Waals surface area contributed by atoms with Gasteiger partial charge in [0.05, 0.1) is 0 Å². The van der Waals surface area contributed by atoms with E-state index >= 15 is 0 Å². The van der Waals surface area contributed by atoms with Crippen molar-refractivity contribution in [3.63, 3.8) is 0 Å². The molecular formula is C9H17N3O. The zero-order valence-corrected chi connectivity index (χ0v) is 8.34. The normalized spacial score (nSPS) is 10.6. The van der Waals surface area contributed by atoms with Crippen LogP contribution in [0, 0.1) is 0 Å². The average Bonchev–Trinajstić information content (AvgIpc) is 2.60. The molecule has 0 radical (unpaired) electrons. The van der Waals surface area contributed by atoms with Crippen LogP contribution in [0.3, 0.4) is 0 Å². The van der Waals surface area contributed by atoms with Gasteiger partial charge < -0.3 is 9.73 Å². The highest BCUT2D eigenvalue weighted by atomic mass is 16.4. The predicted molar refractivity (Wildman–Crippen MR) is 50.5 cm³/mol. The first-order chi connectivity index (χ1) is 6.36. The van der Waals surface area contributed by atoms with Crippen molar-refractivity contribution in [3.05, 3.63) is 11.8 Å². The molecule has 0 amide bonds. The SMILES string of the molecule is CCNCCCc1nnc(CC)o1. The zero-order valence-electron chi connectivity index (χ0n) is 8.34. The summed E-state index contributed by atoms with van der Waals surface area (Å²) in [6, 6.07) is 0. The van der Waals surface area contributed by atoms with Crippen molar-refractivity contribution >= 4 is 0 Å². The number of nitrogens with one attached hydrogen (secondary N) is 1. The fourth-order valence-corrected chi connectivity index (χ4v) is 1.07. The summed E-state index contributed by atoms with van der Waals surface area (Å²) >= 11 is 0. The lowest BCUT2D eigenvalue weighted by molar-refractivity contribution is 0.446. The molecule has 74 valence electrons. The Morgan fingerprint density at radius 2 is 2.00 bits per heavy atom. The van der Waals surface area contributed by atoms with Crippen LogP contribution in [0.2, 0.25) is 0 Å². The Morgan fingerprint density at radius 3 is 2.62 bits per heavy atom. The molecule has 0 aliphatic rings. The molecule has 0 unspecified atom stereocenters. The second-order valence-electron chi connectivity index (χ2n) is 2.90. The first kappa shape index (κ1) is 10.2. The van der Waals surface area contributed by atoms with Crippen LogP contribution in [0.1, 0.15) is 32.0 Å². The monoisotopic (exact) mass is 183 g/mol. The lowest BCUT2D eigenvalue weighted by Gasteiger charge is -1.97. The fourth-order valence-electron chi connectivity index (χ4n) is 1.07. The highest BCUT2D eigenvalue weighted by Gasteiger charge is 2.02. The number of aryl methyl sites for hydroxylation is 2. The largest absolute Gasteiger partial charge is 0.425 e. The van der Waals surface area contributed by atoms with E-state index in [1.54, 1.807) is 0 Å². The molecule has 0 saturated heterocycles. The second kappa shape index (κ2) is 5.70. The third kappa shape index (κ3) is 3.55. The minimum absolute atomic E-state index is 0.735. The summed E-state index contributed by atoms with van der Waals surface area (Å²) in [6.07, 6.45) is 2.75. The van der Waals surface area contributed by atoms with Crippen molar-refractivity contribution in [1.29, 1.82) is 0 Å². The molecule has 0 aliphatic heterocycles. The lowest BCUT2D eigenvalue weighted by atomic mass is 10.3. The highest BCUT2D eigenvalue weighted by Crippen LogP contribution is 2.02. The molecule has 0 bridgehead atoms. The summed E-state index contributed by atoms with van der Waals surface area (Å²) in [5, 5.41) is 11.1. The van der Waals surface area contributed by atoms with Gasteiger partial charge in [0, 0.05) is 12.8 Å². The van der Waals surface area contributed by atoms with Gasteiger partial charge in [-0.05, 0) is 19.5 Å². The summed E-state index contributed by atoms with van der Waals surface area (Å²) in [7, 11) is 0. The molecule has 0 spiro atoms. The average molecular weight is 183 g/mol. The highest BCUT2D eigenvalue weighted by molar-refractivity contribution is 4.81. The predicted octanol–water partition coefficient (Wildman–Crippen LogP) is 1.17. The molecular weight excluding hydrogens is 166 g/mol. The summed E-state index contributed by atoms with van der Waals surface area (Å²) in [4.78, 5) is 0. The molecule has 0 saturated carbocycles. The summed E-state index contributed by atoms with van der Waals surface area (Å²) in [5.41, 5.74) is 0. The molecule has 1 aromatic rings. The smallest absolute Gasteiger partial charge is 0.216 e. The molecule has 1 heterocycles.